The van der Waals surface area contributed by atoms with E-state index < -0.39 is 5.97 Å². The van der Waals surface area contributed by atoms with Crippen molar-refractivity contribution < 1.29 is 19.4 Å². The topological polar surface area (TPSA) is 66.8 Å². The van der Waals surface area contributed by atoms with Crippen LogP contribution in [0, 0.1) is 5.92 Å². The molecule has 1 atom stereocenters. The van der Waals surface area contributed by atoms with Crippen LogP contribution in [0.1, 0.15) is 32.1 Å². The van der Waals surface area contributed by atoms with E-state index in [1.807, 2.05) is 35.2 Å². The molecule has 0 aliphatic carbocycles. The minimum absolute atomic E-state index is 0.0935. The second-order valence-corrected chi connectivity index (χ2v) is 5.69. The van der Waals surface area contributed by atoms with Gasteiger partial charge in [0.2, 0.25) is 5.91 Å². The maximum Gasteiger partial charge on any atom is 0.303 e. The second kappa shape index (κ2) is 8.41. The number of rotatable bonds is 7. The van der Waals surface area contributed by atoms with Gasteiger partial charge in [0, 0.05) is 19.5 Å². The number of ether oxygens (including phenoxy) is 1. The van der Waals surface area contributed by atoms with Gasteiger partial charge in [-0.1, -0.05) is 18.2 Å². The molecule has 0 saturated carbocycles. The molecule has 1 N–H and O–H groups in total. The molecule has 1 heterocycles. The lowest BCUT2D eigenvalue weighted by molar-refractivity contribution is -0.137. The second-order valence-electron chi connectivity index (χ2n) is 5.69. The Morgan fingerprint density at radius 2 is 2.00 bits per heavy atom. The Labute approximate surface area is 130 Å². The third-order valence-corrected chi connectivity index (χ3v) is 3.97. The largest absolute Gasteiger partial charge is 0.493 e. The lowest BCUT2D eigenvalue weighted by Gasteiger charge is -2.32. The normalized spacial score (nSPS) is 18.0. The van der Waals surface area contributed by atoms with Crippen molar-refractivity contribution in [2.24, 2.45) is 5.92 Å². The van der Waals surface area contributed by atoms with Crippen LogP contribution in [0.5, 0.6) is 5.75 Å². The highest BCUT2D eigenvalue weighted by Crippen LogP contribution is 2.21. The first-order valence-electron chi connectivity index (χ1n) is 7.82. The number of hydrogen-bond acceptors (Lipinski definition) is 3. The zero-order chi connectivity index (χ0) is 15.8. The van der Waals surface area contributed by atoms with Crippen LogP contribution in [0.25, 0.3) is 0 Å². The third-order valence-electron chi connectivity index (χ3n) is 3.97. The SMILES string of the molecule is O=C(O)CCC1CCCN(C(=O)CCOc2ccccc2)C1. The fourth-order valence-electron chi connectivity index (χ4n) is 2.79. The van der Waals surface area contributed by atoms with Crippen molar-refractivity contribution in [1.82, 2.24) is 4.90 Å². The van der Waals surface area contributed by atoms with Gasteiger partial charge in [-0.15, -0.1) is 0 Å². The Kier molecular flexibility index (Phi) is 6.25. The van der Waals surface area contributed by atoms with E-state index in [1.54, 1.807) is 0 Å². The van der Waals surface area contributed by atoms with E-state index in [2.05, 4.69) is 0 Å². The van der Waals surface area contributed by atoms with Crippen molar-refractivity contribution in [3.63, 3.8) is 0 Å². The monoisotopic (exact) mass is 305 g/mol. The van der Waals surface area contributed by atoms with Gasteiger partial charge in [0.15, 0.2) is 0 Å². The van der Waals surface area contributed by atoms with E-state index in [0.717, 1.165) is 25.1 Å². The average Bonchev–Trinajstić information content (AvgIpc) is 2.54. The van der Waals surface area contributed by atoms with Gasteiger partial charge in [0.05, 0.1) is 13.0 Å². The molecule has 1 aliphatic rings. The van der Waals surface area contributed by atoms with Crippen molar-refractivity contribution in [1.29, 1.82) is 0 Å². The fraction of sp³-hybridized carbons (Fsp3) is 0.529. The predicted octanol–water partition coefficient (Wildman–Crippen LogP) is 2.56. The summed E-state index contributed by atoms with van der Waals surface area (Å²) in [6.07, 6.45) is 3.16. The van der Waals surface area contributed by atoms with Crippen LogP contribution in [-0.4, -0.2) is 41.6 Å². The molecule has 1 aromatic rings. The molecule has 1 aromatic carbocycles. The zero-order valence-electron chi connectivity index (χ0n) is 12.7. The first-order valence-corrected chi connectivity index (χ1v) is 7.82. The highest BCUT2D eigenvalue weighted by molar-refractivity contribution is 5.76. The van der Waals surface area contributed by atoms with Gasteiger partial charge in [-0.2, -0.15) is 0 Å². The molecule has 1 unspecified atom stereocenters. The molecule has 0 aromatic heterocycles. The highest BCUT2D eigenvalue weighted by atomic mass is 16.5. The number of hydrogen-bond donors (Lipinski definition) is 1. The Hall–Kier alpha value is -2.04. The maximum absolute atomic E-state index is 12.2. The summed E-state index contributed by atoms with van der Waals surface area (Å²) in [5.41, 5.74) is 0. The Balaban J connectivity index is 1.71. The third kappa shape index (κ3) is 5.39. The van der Waals surface area contributed by atoms with Crippen LogP contribution in [0.4, 0.5) is 0 Å². The molecule has 1 saturated heterocycles. The number of carboxylic acids is 1. The van der Waals surface area contributed by atoms with Crippen molar-refractivity contribution in [2.75, 3.05) is 19.7 Å². The quantitative estimate of drug-likeness (QED) is 0.840. The Bertz CT molecular complexity index is 489. The molecule has 5 nitrogen and oxygen atoms in total. The average molecular weight is 305 g/mol. The number of nitrogens with zero attached hydrogens (tertiary/aromatic N) is 1. The zero-order valence-corrected chi connectivity index (χ0v) is 12.7. The van der Waals surface area contributed by atoms with Crippen molar-refractivity contribution in [3.8, 4) is 5.75 Å². The fourth-order valence-corrected chi connectivity index (χ4v) is 2.79. The van der Waals surface area contributed by atoms with E-state index in [0.29, 0.717) is 31.9 Å². The lowest BCUT2D eigenvalue weighted by atomic mass is 9.93. The molecule has 120 valence electrons. The highest BCUT2D eigenvalue weighted by Gasteiger charge is 2.23. The number of carbonyl (C=O) groups is 2. The van der Waals surface area contributed by atoms with Gasteiger partial charge in [0.25, 0.3) is 0 Å². The van der Waals surface area contributed by atoms with Gasteiger partial charge in [-0.05, 0) is 37.3 Å². The summed E-state index contributed by atoms with van der Waals surface area (Å²) >= 11 is 0. The predicted molar refractivity (Wildman–Crippen MR) is 82.7 cm³/mol. The van der Waals surface area contributed by atoms with E-state index in [9.17, 15) is 9.59 Å². The smallest absolute Gasteiger partial charge is 0.303 e. The number of likely N-dealkylation sites (tertiary alicyclic amines) is 1. The first-order chi connectivity index (χ1) is 10.6. The number of aliphatic carboxylic acids is 1. The van der Waals surface area contributed by atoms with Crippen LogP contribution in [0.2, 0.25) is 0 Å². The molecular weight excluding hydrogens is 282 g/mol. The number of benzene rings is 1. The molecule has 22 heavy (non-hydrogen) atoms. The number of carboxylic acid groups (broad SMARTS) is 1. The summed E-state index contributed by atoms with van der Waals surface area (Å²) in [5.74, 6) is 0.410. The number of para-hydroxylation sites is 1. The van der Waals surface area contributed by atoms with Gasteiger partial charge in [-0.25, -0.2) is 0 Å². The summed E-state index contributed by atoms with van der Waals surface area (Å²) in [7, 11) is 0. The number of carbonyl (C=O) groups excluding carboxylic acids is 1. The van der Waals surface area contributed by atoms with Crippen molar-refractivity contribution >= 4 is 11.9 Å². The van der Waals surface area contributed by atoms with Crippen LogP contribution in [0.15, 0.2) is 30.3 Å². The van der Waals surface area contributed by atoms with E-state index in [-0.39, 0.29) is 12.3 Å². The summed E-state index contributed by atoms with van der Waals surface area (Å²) in [6.45, 7) is 1.82. The van der Waals surface area contributed by atoms with Crippen LogP contribution < -0.4 is 4.74 Å². The molecule has 1 aliphatic heterocycles. The Morgan fingerprint density at radius 3 is 2.73 bits per heavy atom. The lowest BCUT2D eigenvalue weighted by Crippen LogP contribution is -2.40. The molecule has 1 amide bonds. The number of piperidine rings is 1. The van der Waals surface area contributed by atoms with Crippen molar-refractivity contribution in [2.45, 2.75) is 32.1 Å². The standard InChI is InChI=1S/C17H23NO4/c19-16(10-12-22-15-6-2-1-3-7-15)18-11-4-5-14(13-18)8-9-17(20)21/h1-3,6-7,14H,4-5,8-13H2,(H,20,21). The first kappa shape index (κ1) is 16.3. The van der Waals surface area contributed by atoms with Gasteiger partial charge >= 0.3 is 5.97 Å². The summed E-state index contributed by atoms with van der Waals surface area (Å²) in [4.78, 5) is 24.7. The summed E-state index contributed by atoms with van der Waals surface area (Å²) in [5, 5.41) is 8.75. The van der Waals surface area contributed by atoms with Gasteiger partial charge in [-0.3, -0.25) is 9.59 Å². The van der Waals surface area contributed by atoms with Crippen LogP contribution in [0.3, 0.4) is 0 Å². The minimum atomic E-state index is -0.764. The molecule has 0 spiro atoms. The molecule has 0 bridgehead atoms. The molecular formula is C17H23NO4. The molecule has 5 heteroatoms. The van der Waals surface area contributed by atoms with Crippen LogP contribution >= 0.6 is 0 Å². The van der Waals surface area contributed by atoms with E-state index in [1.165, 1.54) is 0 Å². The number of amides is 1. The van der Waals surface area contributed by atoms with E-state index >= 15 is 0 Å². The van der Waals surface area contributed by atoms with Gasteiger partial charge in [0.1, 0.15) is 5.75 Å². The van der Waals surface area contributed by atoms with E-state index in [4.69, 9.17) is 9.84 Å². The minimum Gasteiger partial charge on any atom is -0.493 e. The van der Waals surface area contributed by atoms with Gasteiger partial charge < -0.3 is 14.7 Å². The molecule has 2 rings (SSSR count). The Morgan fingerprint density at radius 1 is 1.23 bits per heavy atom. The molecule has 0 radical (unpaired) electrons. The summed E-state index contributed by atoms with van der Waals surface area (Å²) < 4.78 is 5.55. The molecule has 1 fully saturated rings. The summed E-state index contributed by atoms with van der Waals surface area (Å²) in [6, 6.07) is 9.45. The maximum atomic E-state index is 12.2. The van der Waals surface area contributed by atoms with Crippen molar-refractivity contribution in [3.05, 3.63) is 30.3 Å². The van der Waals surface area contributed by atoms with Crippen LogP contribution in [-0.2, 0) is 9.59 Å².